The Morgan fingerprint density at radius 2 is 0.667 bits per heavy atom. The summed E-state index contributed by atoms with van der Waals surface area (Å²) in [4.78, 5) is 0. The minimum Gasteiger partial charge on any atom is -0.399 e. The summed E-state index contributed by atoms with van der Waals surface area (Å²) in [5, 5.41) is 12.2. The fourth-order valence-corrected chi connectivity index (χ4v) is 5.96. The highest BCUT2D eigenvalue weighted by Crippen LogP contribution is 2.38. The van der Waals surface area contributed by atoms with Gasteiger partial charge < -0.3 is 9.31 Å². The molecule has 0 aliphatic carbocycles. The second-order valence-corrected chi connectivity index (χ2v) is 11.6. The van der Waals surface area contributed by atoms with Crippen LogP contribution >= 0.6 is 0 Å². The van der Waals surface area contributed by atoms with Crippen LogP contribution in [0.25, 0.3) is 53.9 Å². The van der Waals surface area contributed by atoms with Crippen molar-refractivity contribution in [3.63, 3.8) is 0 Å². The smallest absolute Gasteiger partial charge is 0.399 e. The van der Waals surface area contributed by atoms with Crippen LogP contribution in [0.3, 0.4) is 0 Å². The molecule has 0 spiro atoms. The number of hydrogen-bond donors (Lipinski definition) is 0. The topological polar surface area (TPSA) is 18.5 Å². The van der Waals surface area contributed by atoms with E-state index in [4.69, 9.17) is 9.31 Å². The zero-order valence-corrected chi connectivity index (χ0v) is 22.9. The molecule has 39 heavy (non-hydrogen) atoms. The van der Waals surface area contributed by atoms with Gasteiger partial charge in [-0.3, -0.25) is 0 Å². The van der Waals surface area contributed by atoms with E-state index < -0.39 is 18.3 Å². The first-order valence-corrected chi connectivity index (χ1v) is 13.7. The molecule has 6 aromatic rings. The van der Waals surface area contributed by atoms with E-state index in [0.29, 0.717) is 0 Å². The lowest BCUT2D eigenvalue weighted by atomic mass is 9.77. The second-order valence-electron chi connectivity index (χ2n) is 11.6. The van der Waals surface area contributed by atoms with Crippen LogP contribution in [0, 0.1) is 0 Å². The Balaban J connectivity index is 1.72. The Morgan fingerprint density at radius 3 is 1.00 bits per heavy atom. The summed E-state index contributed by atoms with van der Waals surface area (Å²) in [6.07, 6.45) is 0. The van der Waals surface area contributed by atoms with Crippen LogP contribution in [0.15, 0.2) is 115 Å². The largest absolute Gasteiger partial charge is 0.494 e. The molecule has 1 aliphatic rings. The summed E-state index contributed by atoms with van der Waals surface area (Å²) < 4.78 is 13.0. The summed E-state index contributed by atoms with van der Waals surface area (Å²) in [7, 11) is -0.425. The number of benzene rings is 5. The lowest BCUT2D eigenvalue weighted by molar-refractivity contribution is 0.00578. The second kappa shape index (κ2) is 8.81. The van der Waals surface area contributed by atoms with E-state index in [0.717, 1.165) is 5.46 Å². The Kier molecular flexibility index (Phi) is 5.45. The van der Waals surface area contributed by atoms with Gasteiger partial charge in [0.05, 0.1) is 11.2 Å². The fourth-order valence-electron chi connectivity index (χ4n) is 5.96. The van der Waals surface area contributed by atoms with Crippen LogP contribution in [0.5, 0.6) is 0 Å². The van der Waals surface area contributed by atoms with Gasteiger partial charge in [0.2, 0.25) is 0 Å². The van der Waals surface area contributed by atoms with Gasteiger partial charge in [-0.1, -0.05) is 115 Å². The van der Waals surface area contributed by atoms with Crippen molar-refractivity contribution in [1.29, 1.82) is 0 Å². The van der Waals surface area contributed by atoms with Crippen molar-refractivity contribution >= 4 is 66.4 Å². The maximum atomic E-state index is 6.48. The molecule has 190 valence electrons. The fraction of sp³-hybridized carbons (Fsp3) is 0.167. The molecular formula is C36H31BO2. The van der Waals surface area contributed by atoms with E-state index in [1.807, 2.05) is 0 Å². The standard InChI is InChI=1S/C36H31BO2/c1-35(2)36(3,4)39-37(38-35)24-21-22-33-31-19-10-9-17-29(31)27-15-6-5-13-25(27)26-14-7-8-16-28(26)30-18-11-12-20-32(30)34(33)23-24/h5-23H,1-4H3. The molecule has 1 saturated heterocycles. The minimum absolute atomic E-state index is 0.398. The van der Waals surface area contributed by atoms with Gasteiger partial charge in [-0.25, -0.2) is 0 Å². The Hall–Kier alpha value is -3.92. The van der Waals surface area contributed by atoms with Gasteiger partial charge in [0.15, 0.2) is 0 Å². The SMILES string of the molecule is CC1(C)OB(c2ccc3c4ccccc4c4ccccc4c4ccccc4c4ccccc4c3c2)OC1(C)C. The molecule has 0 radical (unpaired) electrons. The van der Waals surface area contributed by atoms with E-state index in [9.17, 15) is 0 Å². The molecule has 1 aliphatic heterocycles. The van der Waals surface area contributed by atoms with E-state index in [1.54, 1.807) is 0 Å². The average molecular weight is 506 g/mol. The van der Waals surface area contributed by atoms with Crippen LogP contribution in [-0.4, -0.2) is 18.3 Å². The molecule has 0 unspecified atom stereocenters. The first-order valence-electron chi connectivity index (χ1n) is 13.7. The lowest BCUT2D eigenvalue weighted by Gasteiger charge is -2.32. The van der Waals surface area contributed by atoms with E-state index in [-0.39, 0.29) is 0 Å². The van der Waals surface area contributed by atoms with Crippen molar-refractivity contribution < 1.29 is 9.31 Å². The third kappa shape index (κ3) is 3.80. The van der Waals surface area contributed by atoms with Gasteiger partial charge in [-0.15, -0.1) is 0 Å². The molecule has 0 saturated carbocycles. The minimum atomic E-state index is -0.425. The first-order chi connectivity index (χ1) is 18.8. The zero-order valence-electron chi connectivity index (χ0n) is 22.9. The van der Waals surface area contributed by atoms with Crippen molar-refractivity contribution in [3.05, 3.63) is 115 Å². The van der Waals surface area contributed by atoms with Gasteiger partial charge in [0.25, 0.3) is 0 Å². The molecule has 0 amide bonds. The van der Waals surface area contributed by atoms with Gasteiger partial charge in [-0.05, 0) is 87.0 Å². The van der Waals surface area contributed by atoms with E-state index >= 15 is 0 Å². The third-order valence-electron chi connectivity index (χ3n) is 8.73. The van der Waals surface area contributed by atoms with Crippen LogP contribution in [0.1, 0.15) is 27.7 Å². The highest BCUT2D eigenvalue weighted by Gasteiger charge is 2.51. The van der Waals surface area contributed by atoms with Crippen molar-refractivity contribution in [3.8, 4) is 0 Å². The summed E-state index contributed by atoms with van der Waals surface area (Å²) in [5.74, 6) is 0. The molecule has 0 bridgehead atoms. The van der Waals surface area contributed by atoms with Crippen molar-refractivity contribution in [2.45, 2.75) is 38.9 Å². The third-order valence-corrected chi connectivity index (χ3v) is 8.73. The molecule has 0 aromatic heterocycles. The van der Waals surface area contributed by atoms with Gasteiger partial charge in [0.1, 0.15) is 0 Å². The van der Waals surface area contributed by atoms with Gasteiger partial charge in [0, 0.05) is 0 Å². The van der Waals surface area contributed by atoms with Crippen LogP contribution in [0.4, 0.5) is 0 Å². The summed E-state index contributed by atoms with van der Waals surface area (Å²) in [6, 6.07) is 41.8. The van der Waals surface area contributed by atoms with Gasteiger partial charge >= 0.3 is 7.12 Å². The molecule has 6 aromatic carbocycles. The molecule has 1 fully saturated rings. The van der Waals surface area contributed by atoms with Crippen molar-refractivity contribution in [1.82, 2.24) is 0 Å². The lowest BCUT2D eigenvalue weighted by Crippen LogP contribution is -2.41. The van der Waals surface area contributed by atoms with Crippen molar-refractivity contribution in [2.24, 2.45) is 0 Å². The first kappa shape index (κ1) is 24.1. The molecule has 3 heteroatoms. The predicted molar refractivity (Wildman–Crippen MR) is 167 cm³/mol. The van der Waals surface area contributed by atoms with E-state index in [2.05, 4.69) is 143 Å². The number of fused-ring (bicyclic) bond motifs is 10. The van der Waals surface area contributed by atoms with Crippen LogP contribution in [0.2, 0.25) is 0 Å². The van der Waals surface area contributed by atoms with E-state index in [1.165, 1.54) is 53.9 Å². The number of rotatable bonds is 1. The molecule has 2 nitrogen and oxygen atoms in total. The Morgan fingerprint density at radius 1 is 0.385 bits per heavy atom. The van der Waals surface area contributed by atoms with Gasteiger partial charge in [-0.2, -0.15) is 0 Å². The molecule has 7 rings (SSSR count). The summed E-state index contributed by atoms with van der Waals surface area (Å²) >= 11 is 0. The molecule has 0 N–H and O–H groups in total. The highest BCUT2D eigenvalue weighted by atomic mass is 16.7. The monoisotopic (exact) mass is 506 g/mol. The maximum Gasteiger partial charge on any atom is 0.494 e. The summed E-state index contributed by atoms with van der Waals surface area (Å²) in [5.41, 5.74) is 0.236. The normalized spacial score (nSPS) is 16.4. The highest BCUT2D eigenvalue weighted by molar-refractivity contribution is 6.62. The molecule has 0 atom stereocenters. The molecular weight excluding hydrogens is 475 g/mol. The van der Waals surface area contributed by atoms with Crippen LogP contribution in [-0.2, 0) is 9.31 Å². The van der Waals surface area contributed by atoms with Crippen LogP contribution < -0.4 is 5.46 Å². The zero-order chi connectivity index (χ0) is 26.8. The molecule has 1 heterocycles. The average Bonchev–Trinajstić information content (AvgIpc) is 3.19. The Bertz CT molecular complexity index is 1900. The maximum absolute atomic E-state index is 6.48. The quantitative estimate of drug-likeness (QED) is 0.207. The van der Waals surface area contributed by atoms with Crippen molar-refractivity contribution in [2.75, 3.05) is 0 Å². The summed E-state index contributed by atoms with van der Waals surface area (Å²) in [6.45, 7) is 8.42. The number of hydrogen-bond acceptors (Lipinski definition) is 2. The predicted octanol–water partition coefficient (Wildman–Crippen LogP) is 8.88. The Labute approximate surface area is 229 Å².